The number of pyridine rings is 2. The Kier molecular flexibility index (Phi) is 3.36. The Morgan fingerprint density at radius 1 is 0.559 bits per heavy atom. The van der Waals surface area contributed by atoms with Gasteiger partial charge in [0.2, 0.25) is 0 Å². The van der Waals surface area contributed by atoms with Crippen molar-refractivity contribution in [2.45, 2.75) is 0 Å². The largest absolute Gasteiger partial charge is 0.455 e. The Labute approximate surface area is 193 Å². The molecule has 0 aliphatic heterocycles. The minimum Gasteiger partial charge on any atom is -0.455 e. The van der Waals surface area contributed by atoms with Crippen molar-refractivity contribution in [3.63, 3.8) is 0 Å². The fourth-order valence-electron chi connectivity index (χ4n) is 5.16. The number of rotatable bonds is 1. The number of para-hydroxylation sites is 2. The second-order valence-corrected chi connectivity index (χ2v) is 8.64. The van der Waals surface area contributed by atoms with Crippen LogP contribution in [0.4, 0.5) is 0 Å². The van der Waals surface area contributed by atoms with Crippen LogP contribution in [0, 0.1) is 0 Å². The smallest absolute Gasteiger partial charge is 0.147 e. The highest BCUT2D eigenvalue weighted by Crippen LogP contribution is 2.44. The number of hydrogen-bond donors (Lipinski definition) is 0. The zero-order valence-corrected chi connectivity index (χ0v) is 17.9. The van der Waals surface area contributed by atoms with E-state index in [9.17, 15) is 0 Å². The molecule has 0 amide bonds. The Balaban J connectivity index is 1.52. The van der Waals surface area contributed by atoms with Crippen molar-refractivity contribution >= 4 is 65.7 Å². The van der Waals surface area contributed by atoms with Gasteiger partial charge in [0, 0.05) is 50.5 Å². The monoisotopic (exact) mass is 436 g/mol. The number of nitrogens with zero attached hydrogens (tertiary/aromatic N) is 2. The molecule has 0 spiro atoms. The lowest BCUT2D eigenvalue weighted by Crippen LogP contribution is -1.87. The lowest BCUT2D eigenvalue weighted by Gasteiger charge is -2.07. The molecule has 4 heteroatoms. The number of aromatic nitrogens is 2. The summed E-state index contributed by atoms with van der Waals surface area (Å²) in [7, 11) is 0. The molecule has 0 bridgehead atoms. The minimum absolute atomic E-state index is 0.813. The van der Waals surface area contributed by atoms with E-state index < -0.39 is 0 Å². The van der Waals surface area contributed by atoms with E-state index in [0.29, 0.717) is 0 Å². The zero-order valence-electron chi connectivity index (χ0n) is 17.9. The standard InChI is InChI=1S/C30H16N2O2/c1-3-9-24-20(7-1)23-15-22(29-26(30(23)33-24)21-8-2-4-10-25(21)34-29)19-14-18-12-11-17-6-5-13-31-27(17)28(18)32-16-19/h1-16H. The van der Waals surface area contributed by atoms with Crippen LogP contribution in [0.3, 0.4) is 0 Å². The van der Waals surface area contributed by atoms with Gasteiger partial charge in [-0.3, -0.25) is 9.97 Å². The number of hydrogen-bond acceptors (Lipinski definition) is 4. The van der Waals surface area contributed by atoms with Crippen molar-refractivity contribution in [1.29, 1.82) is 0 Å². The van der Waals surface area contributed by atoms with Crippen molar-refractivity contribution < 1.29 is 8.83 Å². The lowest BCUT2D eigenvalue weighted by molar-refractivity contribution is 0.663. The van der Waals surface area contributed by atoms with Crippen LogP contribution in [0.5, 0.6) is 0 Å². The molecule has 0 aliphatic rings. The summed E-state index contributed by atoms with van der Waals surface area (Å²) in [6.45, 7) is 0. The van der Waals surface area contributed by atoms with E-state index in [-0.39, 0.29) is 0 Å². The summed E-state index contributed by atoms with van der Waals surface area (Å²) in [6.07, 6.45) is 3.74. The van der Waals surface area contributed by atoms with Gasteiger partial charge in [-0.15, -0.1) is 0 Å². The molecule has 0 saturated carbocycles. The molecule has 4 aromatic heterocycles. The number of benzene rings is 4. The highest BCUT2D eigenvalue weighted by atomic mass is 16.3. The predicted molar refractivity (Wildman–Crippen MR) is 137 cm³/mol. The Morgan fingerprint density at radius 2 is 1.29 bits per heavy atom. The van der Waals surface area contributed by atoms with Crippen molar-refractivity contribution in [2.75, 3.05) is 0 Å². The van der Waals surface area contributed by atoms with Gasteiger partial charge in [0.15, 0.2) is 0 Å². The SMILES string of the molecule is c1cnc2c(c1)ccc1cc(-c3cc4c5ccccc5oc4c4c3oc3ccccc34)cnc12. The van der Waals surface area contributed by atoms with Crippen LogP contribution in [0.1, 0.15) is 0 Å². The van der Waals surface area contributed by atoms with Gasteiger partial charge >= 0.3 is 0 Å². The molecule has 0 N–H and O–H groups in total. The van der Waals surface area contributed by atoms with Crippen LogP contribution in [-0.2, 0) is 0 Å². The molecule has 0 fully saturated rings. The van der Waals surface area contributed by atoms with Crippen molar-refractivity contribution in [3.8, 4) is 11.1 Å². The summed E-state index contributed by atoms with van der Waals surface area (Å²) in [6, 6.07) is 28.9. The molecule has 4 nitrogen and oxygen atoms in total. The molecule has 8 aromatic rings. The molecule has 158 valence electrons. The van der Waals surface area contributed by atoms with Crippen molar-refractivity contribution in [2.24, 2.45) is 0 Å². The van der Waals surface area contributed by atoms with Crippen molar-refractivity contribution in [3.05, 3.63) is 97.3 Å². The fraction of sp³-hybridized carbons (Fsp3) is 0. The van der Waals surface area contributed by atoms with Gasteiger partial charge in [-0.25, -0.2) is 0 Å². The fourth-order valence-corrected chi connectivity index (χ4v) is 5.16. The molecule has 8 rings (SSSR count). The number of furan rings is 2. The van der Waals surface area contributed by atoms with E-state index >= 15 is 0 Å². The van der Waals surface area contributed by atoms with Crippen LogP contribution < -0.4 is 0 Å². The molecule has 0 radical (unpaired) electrons. The molecule has 4 heterocycles. The van der Waals surface area contributed by atoms with E-state index in [0.717, 1.165) is 76.8 Å². The van der Waals surface area contributed by atoms with Crippen LogP contribution in [0.2, 0.25) is 0 Å². The average Bonchev–Trinajstić information content (AvgIpc) is 3.46. The summed E-state index contributed by atoms with van der Waals surface area (Å²) in [5.74, 6) is 0. The van der Waals surface area contributed by atoms with Gasteiger partial charge in [-0.1, -0.05) is 54.6 Å². The summed E-state index contributed by atoms with van der Waals surface area (Å²) < 4.78 is 12.8. The highest BCUT2D eigenvalue weighted by Gasteiger charge is 2.20. The second kappa shape index (κ2) is 6.42. The maximum Gasteiger partial charge on any atom is 0.147 e. The first-order chi connectivity index (χ1) is 16.8. The molecule has 0 unspecified atom stereocenters. The third-order valence-corrected chi connectivity index (χ3v) is 6.72. The maximum atomic E-state index is 6.42. The Hall–Kier alpha value is -4.70. The molecule has 34 heavy (non-hydrogen) atoms. The quantitative estimate of drug-likeness (QED) is 0.243. The maximum absolute atomic E-state index is 6.42. The summed E-state index contributed by atoms with van der Waals surface area (Å²) in [5, 5.41) is 6.35. The van der Waals surface area contributed by atoms with Crippen LogP contribution in [-0.4, -0.2) is 9.97 Å². The van der Waals surface area contributed by atoms with E-state index in [1.165, 1.54) is 0 Å². The summed E-state index contributed by atoms with van der Waals surface area (Å²) in [5.41, 5.74) is 7.20. The highest BCUT2D eigenvalue weighted by molar-refractivity contribution is 6.25. The van der Waals surface area contributed by atoms with Crippen molar-refractivity contribution in [1.82, 2.24) is 9.97 Å². The van der Waals surface area contributed by atoms with Gasteiger partial charge in [0.1, 0.15) is 22.3 Å². The number of fused-ring (bicyclic) bond motifs is 10. The second-order valence-electron chi connectivity index (χ2n) is 8.64. The molecule has 0 aliphatic carbocycles. The van der Waals surface area contributed by atoms with Gasteiger partial charge in [0.25, 0.3) is 0 Å². The molecular formula is C30H16N2O2. The molecular weight excluding hydrogens is 420 g/mol. The van der Waals surface area contributed by atoms with Gasteiger partial charge in [-0.05, 0) is 30.3 Å². The first kappa shape index (κ1) is 17.8. The topological polar surface area (TPSA) is 52.1 Å². The summed E-state index contributed by atoms with van der Waals surface area (Å²) >= 11 is 0. The predicted octanol–water partition coefficient (Wildman–Crippen LogP) is 8.25. The van der Waals surface area contributed by atoms with Crippen LogP contribution >= 0.6 is 0 Å². The van der Waals surface area contributed by atoms with Crippen LogP contribution in [0.25, 0.3) is 76.8 Å². The van der Waals surface area contributed by atoms with E-state index in [2.05, 4.69) is 47.4 Å². The molecule has 0 saturated heterocycles. The lowest BCUT2D eigenvalue weighted by atomic mass is 9.98. The average molecular weight is 436 g/mol. The molecule has 4 aromatic carbocycles. The van der Waals surface area contributed by atoms with Gasteiger partial charge < -0.3 is 8.83 Å². The van der Waals surface area contributed by atoms with E-state index in [1.807, 2.05) is 54.9 Å². The Morgan fingerprint density at radius 3 is 2.21 bits per heavy atom. The first-order valence-electron chi connectivity index (χ1n) is 11.2. The third-order valence-electron chi connectivity index (χ3n) is 6.72. The van der Waals surface area contributed by atoms with Crippen LogP contribution in [0.15, 0.2) is 106 Å². The van der Waals surface area contributed by atoms with E-state index in [4.69, 9.17) is 13.8 Å². The summed E-state index contributed by atoms with van der Waals surface area (Å²) in [4.78, 5) is 9.41. The zero-order chi connectivity index (χ0) is 22.2. The third kappa shape index (κ3) is 2.32. The Bertz CT molecular complexity index is 2080. The minimum atomic E-state index is 0.813. The first-order valence-corrected chi connectivity index (χ1v) is 11.2. The normalized spacial score (nSPS) is 12.1. The molecule has 0 atom stereocenters. The van der Waals surface area contributed by atoms with E-state index in [1.54, 1.807) is 0 Å². The van der Waals surface area contributed by atoms with Gasteiger partial charge in [-0.2, -0.15) is 0 Å². The van der Waals surface area contributed by atoms with Gasteiger partial charge in [0.05, 0.1) is 16.4 Å².